The van der Waals surface area contributed by atoms with Crippen molar-refractivity contribution in [3.63, 3.8) is 0 Å². The molecular weight excluding hydrogens is 364 g/mol. The van der Waals surface area contributed by atoms with Crippen LogP contribution in [0.1, 0.15) is 18.0 Å². The minimum absolute atomic E-state index is 0. The van der Waals surface area contributed by atoms with Crippen molar-refractivity contribution in [3.8, 4) is 6.07 Å². The lowest BCUT2D eigenvalue weighted by Gasteiger charge is -2.34. The number of piperazine rings is 1. The fourth-order valence-corrected chi connectivity index (χ4v) is 2.41. The maximum atomic E-state index is 13.9. The molecule has 0 radical (unpaired) electrons. The summed E-state index contributed by atoms with van der Waals surface area (Å²) in [6.07, 6.45) is -0.363. The van der Waals surface area contributed by atoms with Crippen LogP contribution in [-0.4, -0.2) is 31.1 Å². The van der Waals surface area contributed by atoms with E-state index in [1.165, 1.54) is 4.90 Å². The van der Waals surface area contributed by atoms with Crippen LogP contribution in [0.3, 0.4) is 0 Å². The largest absolute Gasteiger partial charge is 0.314 e. The van der Waals surface area contributed by atoms with Crippen molar-refractivity contribution in [1.82, 2.24) is 10.2 Å². The molecule has 1 aromatic rings. The van der Waals surface area contributed by atoms with E-state index >= 15 is 0 Å². The number of rotatable bonds is 3. The van der Waals surface area contributed by atoms with E-state index < -0.39 is 40.7 Å². The molecule has 1 atom stereocenters. The molecule has 0 bridgehead atoms. The van der Waals surface area contributed by atoms with Gasteiger partial charge in [0, 0.05) is 31.7 Å². The highest BCUT2D eigenvalue weighted by atomic mass is 35.5. The molecule has 0 aliphatic carbocycles. The zero-order chi connectivity index (χ0) is 15.6. The molecule has 10 heteroatoms. The Morgan fingerprint density at radius 2 is 1.35 bits per heavy atom. The second kappa shape index (κ2) is 9.23. The molecule has 2 rings (SSSR count). The van der Waals surface area contributed by atoms with Gasteiger partial charge < -0.3 is 5.32 Å². The highest BCUT2D eigenvalue weighted by molar-refractivity contribution is 5.85. The van der Waals surface area contributed by atoms with Crippen LogP contribution in [0.25, 0.3) is 0 Å². The molecule has 1 N–H and O–H groups in total. The Kier molecular flexibility index (Phi) is 8.77. The smallest absolute Gasteiger partial charge is 0.200 e. The van der Waals surface area contributed by atoms with Gasteiger partial charge in [-0.2, -0.15) is 5.26 Å². The molecule has 0 spiro atoms. The average Bonchev–Trinajstić information content (AvgIpc) is 2.51. The normalized spacial score (nSPS) is 16.0. The number of halogens is 7. The first kappa shape index (κ1) is 21.9. The maximum absolute atomic E-state index is 13.9. The van der Waals surface area contributed by atoms with Crippen LogP contribution >= 0.6 is 24.8 Å². The Hall–Kier alpha value is -1.14. The fraction of sp³-hybridized carbons (Fsp3) is 0.462. The first-order valence-electron chi connectivity index (χ1n) is 6.32. The molecule has 1 aromatic carbocycles. The van der Waals surface area contributed by atoms with E-state index in [2.05, 4.69) is 5.32 Å². The van der Waals surface area contributed by atoms with E-state index in [1.54, 1.807) is 6.07 Å². The van der Waals surface area contributed by atoms with Gasteiger partial charge in [-0.1, -0.05) is 0 Å². The van der Waals surface area contributed by atoms with Gasteiger partial charge in [0.25, 0.3) is 0 Å². The Morgan fingerprint density at radius 3 is 1.78 bits per heavy atom. The molecule has 23 heavy (non-hydrogen) atoms. The van der Waals surface area contributed by atoms with Crippen LogP contribution in [0.4, 0.5) is 22.0 Å². The van der Waals surface area contributed by atoms with Crippen molar-refractivity contribution in [2.24, 2.45) is 0 Å². The van der Waals surface area contributed by atoms with Crippen molar-refractivity contribution in [2.45, 2.75) is 12.5 Å². The van der Waals surface area contributed by atoms with Crippen molar-refractivity contribution in [1.29, 1.82) is 5.26 Å². The molecule has 0 amide bonds. The molecule has 1 saturated heterocycles. The number of hydrogen-bond donors (Lipinski definition) is 1. The number of nitriles is 1. The highest BCUT2D eigenvalue weighted by Crippen LogP contribution is 2.33. The molecule has 0 aromatic heterocycles. The van der Waals surface area contributed by atoms with Gasteiger partial charge in [0.2, 0.25) is 5.82 Å². The Morgan fingerprint density at radius 1 is 0.913 bits per heavy atom. The van der Waals surface area contributed by atoms with Gasteiger partial charge in [-0.05, 0) is 0 Å². The maximum Gasteiger partial charge on any atom is 0.200 e. The molecule has 0 saturated carbocycles. The summed E-state index contributed by atoms with van der Waals surface area (Å²) >= 11 is 0. The first-order valence-corrected chi connectivity index (χ1v) is 6.32. The summed E-state index contributed by atoms with van der Waals surface area (Å²) in [4.78, 5) is 1.54. The number of nitrogens with one attached hydrogen (secondary N) is 1. The lowest BCUT2D eigenvalue weighted by atomic mass is 9.99. The summed E-state index contributed by atoms with van der Waals surface area (Å²) in [5, 5.41) is 11.8. The molecule has 1 aliphatic heterocycles. The molecule has 130 valence electrons. The quantitative estimate of drug-likeness (QED) is 0.499. The van der Waals surface area contributed by atoms with Gasteiger partial charge in [0.15, 0.2) is 23.3 Å². The van der Waals surface area contributed by atoms with E-state index in [0.29, 0.717) is 26.2 Å². The lowest BCUT2D eigenvalue weighted by Crippen LogP contribution is -2.45. The third-order valence-electron chi connectivity index (χ3n) is 3.45. The van der Waals surface area contributed by atoms with E-state index in [0.717, 1.165) is 0 Å². The van der Waals surface area contributed by atoms with E-state index in [1.807, 2.05) is 0 Å². The van der Waals surface area contributed by atoms with E-state index in [4.69, 9.17) is 5.26 Å². The summed E-state index contributed by atoms with van der Waals surface area (Å²) in [5.41, 5.74) is -0.935. The third-order valence-corrected chi connectivity index (χ3v) is 3.45. The van der Waals surface area contributed by atoms with Crippen LogP contribution < -0.4 is 5.32 Å². The van der Waals surface area contributed by atoms with Crippen LogP contribution in [-0.2, 0) is 0 Å². The standard InChI is InChI=1S/C13H12F5N3.2ClH/c14-9-8(10(15)12(17)13(18)11(9)16)7(1-2-19)21-5-3-20-4-6-21;;/h7,20H,1,3-6H2;2*1H/t7-;;/m1../s1. The second-order valence-corrected chi connectivity index (χ2v) is 4.65. The van der Waals surface area contributed by atoms with Gasteiger partial charge in [-0.15, -0.1) is 24.8 Å². The molecule has 1 aliphatic rings. The van der Waals surface area contributed by atoms with Crippen molar-refractivity contribution >= 4 is 24.8 Å². The predicted molar refractivity (Wildman–Crippen MR) is 78.1 cm³/mol. The minimum Gasteiger partial charge on any atom is -0.314 e. The van der Waals surface area contributed by atoms with Gasteiger partial charge in [0.05, 0.1) is 18.5 Å². The van der Waals surface area contributed by atoms with Crippen LogP contribution in [0.2, 0.25) is 0 Å². The number of hydrogen-bond acceptors (Lipinski definition) is 3. The first-order chi connectivity index (χ1) is 9.99. The number of benzene rings is 1. The summed E-state index contributed by atoms with van der Waals surface area (Å²) < 4.78 is 67.4. The zero-order valence-electron chi connectivity index (χ0n) is 11.7. The molecule has 0 unspecified atom stereocenters. The minimum atomic E-state index is -2.19. The lowest BCUT2D eigenvalue weighted by molar-refractivity contribution is 0.166. The van der Waals surface area contributed by atoms with E-state index in [9.17, 15) is 22.0 Å². The van der Waals surface area contributed by atoms with Gasteiger partial charge >= 0.3 is 0 Å². The third kappa shape index (κ3) is 4.23. The number of nitrogens with zero attached hydrogens (tertiary/aromatic N) is 2. The predicted octanol–water partition coefficient (Wildman–Crippen LogP) is 3.09. The van der Waals surface area contributed by atoms with Gasteiger partial charge in [-0.3, -0.25) is 4.90 Å². The summed E-state index contributed by atoms with van der Waals surface area (Å²) in [6, 6.07) is 0.572. The zero-order valence-corrected chi connectivity index (χ0v) is 13.3. The average molecular weight is 378 g/mol. The van der Waals surface area contributed by atoms with Crippen molar-refractivity contribution in [3.05, 3.63) is 34.6 Å². The Bertz CT molecular complexity index is 559. The fourth-order valence-electron chi connectivity index (χ4n) is 2.41. The second-order valence-electron chi connectivity index (χ2n) is 4.65. The SMILES string of the molecule is Cl.Cl.N#CC[C@H](c1c(F)c(F)c(F)c(F)c1F)N1CCNCC1. The molecule has 1 heterocycles. The van der Waals surface area contributed by atoms with Crippen molar-refractivity contribution in [2.75, 3.05) is 26.2 Å². The Balaban J connectivity index is 0.00000242. The van der Waals surface area contributed by atoms with Crippen LogP contribution in [0, 0.1) is 40.4 Å². The highest BCUT2D eigenvalue weighted by Gasteiger charge is 2.33. The monoisotopic (exact) mass is 377 g/mol. The van der Waals surface area contributed by atoms with Crippen LogP contribution in [0.5, 0.6) is 0 Å². The summed E-state index contributed by atoms with van der Waals surface area (Å²) in [6.45, 7) is 1.73. The topological polar surface area (TPSA) is 39.1 Å². The van der Waals surface area contributed by atoms with Gasteiger partial charge in [0.1, 0.15) is 0 Å². The molecular formula is C13H14Cl2F5N3. The van der Waals surface area contributed by atoms with E-state index in [-0.39, 0.29) is 31.2 Å². The molecule has 3 nitrogen and oxygen atoms in total. The van der Waals surface area contributed by atoms with Crippen molar-refractivity contribution < 1.29 is 22.0 Å². The summed E-state index contributed by atoms with van der Waals surface area (Å²) in [5.74, 6) is -9.90. The Labute approximate surface area is 142 Å². The van der Waals surface area contributed by atoms with Gasteiger partial charge in [-0.25, -0.2) is 22.0 Å². The molecule has 1 fully saturated rings. The van der Waals surface area contributed by atoms with Crippen LogP contribution in [0.15, 0.2) is 0 Å². The summed E-state index contributed by atoms with van der Waals surface area (Å²) in [7, 11) is 0.